The second-order valence-corrected chi connectivity index (χ2v) is 5.98. The van der Waals surface area contributed by atoms with Crippen molar-refractivity contribution in [3.63, 3.8) is 0 Å². The van der Waals surface area contributed by atoms with E-state index in [-0.39, 0.29) is 18.2 Å². The van der Waals surface area contributed by atoms with E-state index in [0.717, 1.165) is 25.5 Å². The van der Waals surface area contributed by atoms with Crippen LogP contribution in [-0.2, 0) is 12.7 Å². The Hall–Kier alpha value is -1.67. The molecule has 1 aromatic carbocycles. The number of benzene rings is 1. The van der Waals surface area contributed by atoms with Gasteiger partial charge in [0.2, 0.25) is 0 Å². The van der Waals surface area contributed by atoms with E-state index in [1.165, 1.54) is 6.07 Å². The lowest BCUT2D eigenvalue weighted by Crippen LogP contribution is -2.37. The van der Waals surface area contributed by atoms with E-state index in [1.807, 2.05) is 13.8 Å². The molecule has 1 saturated heterocycles. The Kier molecular flexibility index (Phi) is 5.19. The third kappa shape index (κ3) is 3.95. The number of halogens is 3. The Labute approximate surface area is 126 Å². The molecule has 0 aliphatic carbocycles. The number of rotatable bonds is 3. The van der Waals surface area contributed by atoms with Crippen molar-refractivity contribution >= 4 is 5.69 Å². The molecule has 2 rings (SSSR count). The zero-order chi connectivity index (χ0) is 15.8. The van der Waals surface area contributed by atoms with Gasteiger partial charge in [-0.1, -0.05) is 0 Å². The van der Waals surface area contributed by atoms with E-state index in [1.54, 1.807) is 0 Å². The van der Waals surface area contributed by atoms with Crippen molar-refractivity contribution in [2.45, 2.75) is 44.9 Å². The van der Waals surface area contributed by atoms with Gasteiger partial charge in [0.1, 0.15) is 0 Å². The monoisotopic (exact) mass is 319 g/mol. The summed E-state index contributed by atoms with van der Waals surface area (Å²) in [6, 6.07) is 2.81. The Morgan fingerprint density at radius 3 is 2.41 bits per heavy atom. The molecule has 0 amide bonds. The van der Waals surface area contributed by atoms with Crippen LogP contribution in [0.2, 0.25) is 0 Å². The number of alkyl halides is 3. The Bertz CT molecular complexity index is 559. The summed E-state index contributed by atoms with van der Waals surface area (Å²) >= 11 is 0. The second kappa shape index (κ2) is 6.21. The van der Waals surface area contributed by atoms with Crippen LogP contribution in [0.4, 0.5) is 18.9 Å². The molecular weight excluding hydrogens is 299 g/mol. The zero-order valence-electron chi connectivity index (χ0n) is 12.6. The van der Waals surface area contributed by atoms with Crippen LogP contribution >= 0.6 is 0 Å². The first-order chi connectivity index (χ1) is 9.59. The van der Waals surface area contributed by atoms with Crippen molar-refractivity contribution in [3.05, 3.63) is 39.4 Å². The Balaban J connectivity index is 0.00000242. The Morgan fingerprint density at radius 1 is 1.32 bits per heavy atom. The lowest BCUT2D eigenvalue weighted by Gasteiger charge is -2.31. The van der Waals surface area contributed by atoms with Crippen LogP contribution in [0.25, 0.3) is 0 Å². The molecule has 1 heterocycles. The smallest absolute Gasteiger partial charge is 0.344 e. The molecule has 3 N–H and O–H groups in total. The second-order valence-electron chi connectivity index (χ2n) is 5.98. The Morgan fingerprint density at radius 2 is 1.95 bits per heavy atom. The third-order valence-corrected chi connectivity index (χ3v) is 3.96. The van der Waals surface area contributed by atoms with Crippen molar-refractivity contribution in [2.75, 3.05) is 6.54 Å². The number of hydrogen-bond acceptors (Lipinski definition) is 4. The topological polar surface area (TPSA) is 81.4 Å². The molecule has 1 fully saturated rings. The minimum Gasteiger partial charge on any atom is -0.344 e. The van der Waals surface area contributed by atoms with Crippen molar-refractivity contribution < 1.29 is 18.1 Å². The van der Waals surface area contributed by atoms with Crippen molar-refractivity contribution in [2.24, 2.45) is 0 Å². The van der Waals surface area contributed by atoms with E-state index >= 15 is 0 Å². The molecule has 124 valence electrons. The number of nitro groups is 1. The van der Waals surface area contributed by atoms with Gasteiger partial charge in [-0.25, -0.2) is 0 Å². The van der Waals surface area contributed by atoms with E-state index in [0.29, 0.717) is 11.6 Å². The molecular formula is C14H20F3N3O2. The number of hydrogen-bond donors (Lipinski definition) is 1. The first kappa shape index (κ1) is 18.4. The average molecular weight is 319 g/mol. The summed E-state index contributed by atoms with van der Waals surface area (Å²) in [5, 5.41) is 10.8. The third-order valence-electron chi connectivity index (χ3n) is 3.96. The summed E-state index contributed by atoms with van der Waals surface area (Å²) in [7, 11) is 0. The van der Waals surface area contributed by atoms with Crippen LogP contribution < -0.4 is 6.15 Å². The molecule has 22 heavy (non-hydrogen) atoms. The largest absolute Gasteiger partial charge is 0.416 e. The van der Waals surface area contributed by atoms with Crippen molar-refractivity contribution in [3.8, 4) is 0 Å². The maximum atomic E-state index is 12.8. The number of likely N-dealkylation sites (tertiary alicyclic amines) is 1. The number of nitrogens with zero attached hydrogens (tertiary/aromatic N) is 2. The molecule has 1 aliphatic rings. The van der Waals surface area contributed by atoms with Crippen LogP contribution in [0.15, 0.2) is 18.2 Å². The fourth-order valence-corrected chi connectivity index (χ4v) is 2.71. The quantitative estimate of drug-likeness (QED) is 0.670. The molecule has 0 bridgehead atoms. The fourth-order valence-electron chi connectivity index (χ4n) is 2.71. The fraction of sp³-hybridized carbons (Fsp3) is 0.571. The van der Waals surface area contributed by atoms with E-state index in [2.05, 4.69) is 4.90 Å². The highest BCUT2D eigenvalue weighted by Crippen LogP contribution is 2.35. The highest BCUT2D eigenvalue weighted by Gasteiger charge is 2.35. The summed E-state index contributed by atoms with van der Waals surface area (Å²) in [4.78, 5) is 12.1. The highest BCUT2D eigenvalue weighted by atomic mass is 19.4. The maximum Gasteiger partial charge on any atom is 0.416 e. The van der Waals surface area contributed by atoms with Gasteiger partial charge in [-0.3, -0.25) is 15.0 Å². The predicted octanol–water partition coefficient (Wildman–Crippen LogP) is 4.15. The first-order valence-electron chi connectivity index (χ1n) is 6.70. The minimum absolute atomic E-state index is 0. The van der Waals surface area contributed by atoms with Crippen LogP contribution in [0.5, 0.6) is 0 Å². The summed E-state index contributed by atoms with van der Waals surface area (Å²) in [6.07, 6.45) is -2.64. The lowest BCUT2D eigenvalue weighted by atomic mass is 10.0. The number of non-ortho nitro benzene ring substituents is 1. The van der Waals surface area contributed by atoms with E-state index in [4.69, 9.17) is 0 Å². The van der Waals surface area contributed by atoms with Gasteiger partial charge in [-0.2, -0.15) is 13.2 Å². The summed E-state index contributed by atoms with van der Waals surface area (Å²) < 4.78 is 38.5. The van der Waals surface area contributed by atoms with Crippen LogP contribution in [0, 0.1) is 10.1 Å². The molecule has 5 nitrogen and oxygen atoms in total. The van der Waals surface area contributed by atoms with Crippen LogP contribution in [-0.4, -0.2) is 21.9 Å². The molecule has 0 aromatic heterocycles. The zero-order valence-corrected chi connectivity index (χ0v) is 12.6. The van der Waals surface area contributed by atoms with Gasteiger partial charge in [-0.15, -0.1) is 0 Å². The van der Waals surface area contributed by atoms with Crippen LogP contribution in [0.1, 0.15) is 37.8 Å². The lowest BCUT2D eigenvalue weighted by molar-refractivity contribution is -0.385. The predicted molar refractivity (Wildman–Crippen MR) is 76.8 cm³/mol. The molecule has 8 heteroatoms. The van der Waals surface area contributed by atoms with Crippen molar-refractivity contribution in [1.29, 1.82) is 0 Å². The summed E-state index contributed by atoms with van der Waals surface area (Å²) in [5.41, 5.74) is -1.25. The maximum absolute atomic E-state index is 12.8. The van der Waals surface area contributed by atoms with E-state index < -0.39 is 22.4 Å². The van der Waals surface area contributed by atoms with Gasteiger partial charge >= 0.3 is 6.18 Å². The molecule has 0 spiro atoms. The summed E-state index contributed by atoms with van der Waals surface area (Å²) in [5.74, 6) is 0. The van der Waals surface area contributed by atoms with Gasteiger partial charge in [0.15, 0.2) is 0 Å². The molecule has 1 aromatic rings. The summed E-state index contributed by atoms with van der Waals surface area (Å²) in [6.45, 7) is 5.14. The van der Waals surface area contributed by atoms with Crippen molar-refractivity contribution in [1.82, 2.24) is 11.1 Å². The standard InChI is InChI=1S/C14H17F3N2O2.H3N/c1-13(2)4-3-5-18(13)9-10-6-11(14(15,16)17)8-12(7-10)19(20)21;/h6-8H,3-5,9H2,1-2H3;1H3. The van der Waals surface area contributed by atoms with E-state index in [9.17, 15) is 23.3 Å². The molecule has 0 saturated carbocycles. The number of nitro benzene ring substituents is 1. The molecule has 0 unspecified atom stereocenters. The van der Waals surface area contributed by atoms with Gasteiger partial charge in [-0.05, 0) is 44.9 Å². The van der Waals surface area contributed by atoms with Gasteiger partial charge in [0, 0.05) is 24.2 Å². The highest BCUT2D eigenvalue weighted by molar-refractivity contribution is 5.40. The average Bonchev–Trinajstić information content (AvgIpc) is 2.67. The van der Waals surface area contributed by atoms with Gasteiger partial charge in [0.05, 0.1) is 10.5 Å². The first-order valence-corrected chi connectivity index (χ1v) is 6.70. The normalized spacial score (nSPS) is 18.0. The molecule has 1 aliphatic heterocycles. The minimum atomic E-state index is -4.58. The molecule has 0 atom stereocenters. The SMILES string of the molecule is CC1(C)CCCN1Cc1cc([N+](=O)[O-])cc(C(F)(F)F)c1.N. The van der Waals surface area contributed by atoms with Crippen LogP contribution in [0.3, 0.4) is 0 Å². The van der Waals surface area contributed by atoms with Gasteiger partial charge < -0.3 is 6.15 Å². The molecule has 0 radical (unpaired) electrons. The van der Waals surface area contributed by atoms with Gasteiger partial charge in [0.25, 0.3) is 5.69 Å².